The van der Waals surface area contributed by atoms with Gasteiger partial charge in [0.2, 0.25) is 5.88 Å². The van der Waals surface area contributed by atoms with E-state index >= 15 is 0 Å². The van der Waals surface area contributed by atoms with E-state index in [2.05, 4.69) is 4.98 Å². The third-order valence-corrected chi connectivity index (χ3v) is 2.77. The van der Waals surface area contributed by atoms with Gasteiger partial charge in [-0.2, -0.15) is 0 Å². The van der Waals surface area contributed by atoms with Crippen molar-refractivity contribution in [1.82, 2.24) is 4.98 Å². The lowest BCUT2D eigenvalue weighted by atomic mass is 10.2. The van der Waals surface area contributed by atoms with Gasteiger partial charge in [0.25, 0.3) is 0 Å². The smallest absolute Gasteiger partial charge is 0.337 e. The van der Waals surface area contributed by atoms with Crippen molar-refractivity contribution in [3.05, 3.63) is 51.9 Å². The van der Waals surface area contributed by atoms with Crippen molar-refractivity contribution in [2.45, 2.75) is 0 Å². The van der Waals surface area contributed by atoms with Gasteiger partial charge in [0.05, 0.1) is 21.8 Å². The quantitative estimate of drug-likeness (QED) is 0.930. The minimum atomic E-state index is -1.21. The Kier molecular flexibility index (Phi) is 3.87. The summed E-state index contributed by atoms with van der Waals surface area (Å²) >= 11 is 11.4. The highest BCUT2D eigenvalue weighted by molar-refractivity contribution is 6.33. The zero-order valence-corrected chi connectivity index (χ0v) is 10.7. The zero-order valence-electron chi connectivity index (χ0n) is 9.23. The van der Waals surface area contributed by atoms with Crippen LogP contribution in [0.2, 0.25) is 10.0 Å². The molecule has 1 aromatic heterocycles. The summed E-state index contributed by atoms with van der Waals surface area (Å²) in [4.78, 5) is 14.7. The summed E-state index contributed by atoms with van der Waals surface area (Å²) < 4.78 is 18.1. The molecule has 2 aromatic rings. The van der Waals surface area contributed by atoms with Gasteiger partial charge in [-0.15, -0.1) is 0 Å². The molecule has 0 saturated heterocycles. The summed E-state index contributed by atoms with van der Waals surface area (Å²) in [7, 11) is 0. The first-order chi connectivity index (χ1) is 8.97. The molecule has 19 heavy (non-hydrogen) atoms. The van der Waals surface area contributed by atoms with E-state index in [1.165, 1.54) is 6.07 Å². The van der Waals surface area contributed by atoms with Gasteiger partial charge in [0.1, 0.15) is 11.6 Å². The standard InChI is InChI=1S/C12H6Cl2FNO3/c13-8-3-6(15)1-2-10(8)19-11-4-7(12(17)18)9(14)5-16-11/h1-5H,(H,17,18). The molecule has 1 aromatic carbocycles. The Morgan fingerprint density at radius 1 is 1.26 bits per heavy atom. The lowest BCUT2D eigenvalue weighted by Gasteiger charge is -2.07. The number of ether oxygens (including phenoxy) is 1. The highest BCUT2D eigenvalue weighted by Crippen LogP contribution is 2.30. The molecule has 0 amide bonds. The van der Waals surface area contributed by atoms with Gasteiger partial charge in [0, 0.05) is 6.07 Å². The number of carboxylic acids is 1. The first-order valence-electron chi connectivity index (χ1n) is 4.99. The van der Waals surface area contributed by atoms with Crippen LogP contribution in [0, 0.1) is 5.82 Å². The first kappa shape index (κ1) is 13.6. The molecular formula is C12H6Cl2FNO3. The maximum atomic E-state index is 12.9. The molecule has 0 aliphatic heterocycles. The van der Waals surface area contributed by atoms with E-state index in [4.69, 9.17) is 33.0 Å². The highest BCUT2D eigenvalue weighted by atomic mass is 35.5. The Morgan fingerprint density at radius 2 is 2.00 bits per heavy atom. The number of benzene rings is 1. The number of pyridine rings is 1. The van der Waals surface area contributed by atoms with Crippen molar-refractivity contribution in [1.29, 1.82) is 0 Å². The topological polar surface area (TPSA) is 59.4 Å². The third kappa shape index (κ3) is 3.13. The second-order valence-electron chi connectivity index (χ2n) is 3.48. The summed E-state index contributed by atoms with van der Waals surface area (Å²) in [6.45, 7) is 0. The van der Waals surface area contributed by atoms with Crippen LogP contribution in [-0.4, -0.2) is 16.1 Å². The van der Waals surface area contributed by atoms with E-state index in [-0.39, 0.29) is 27.2 Å². The third-order valence-electron chi connectivity index (χ3n) is 2.17. The van der Waals surface area contributed by atoms with Crippen LogP contribution in [0.1, 0.15) is 10.4 Å². The number of hydrogen-bond donors (Lipinski definition) is 1. The molecule has 0 spiro atoms. The Morgan fingerprint density at radius 3 is 2.63 bits per heavy atom. The van der Waals surface area contributed by atoms with Crippen molar-refractivity contribution >= 4 is 29.2 Å². The Hall–Kier alpha value is -1.85. The minimum Gasteiger partial charge on any atom is -0.478 e. The molecular weight excluding hydrogens is 296 g/mol. The maximum absolute atomic E-state index is 12.9. The zero-order chi connectivity index (χ0) is 14.0. The number of aromatic nitrogens is 1. The molecule has 1 N–H and O–H groups in total. The number of halogens is 3. The SMILES string of the molecule is O=C(O)c1cc(Oc2ccc(F)cc2Cl)ncc1Cl. The van der Waals surface area contributed by atoms with Gasteiger partial charge < -0.3 is 9.84 Å². The average Bonchev–Trinajstić information content (AvgIpc) is 2.34. The van der Waals surface area contributed by atoms with Gasteiger partial charge in [-0.25, -0.2) is 14.2 Å². The predicted octanol–water partition coefficient (Wildman–Crippen LogP) is 4.02. The van der Waals surface area contributed by atoms with Crippen LogP contribution in [-0.2, 0) is 0 Å². The summed E-state index contributed by atoms with van der Waals surface area (Å²) in [5, 5.41) is 8.94. The molecule has 0 unspecified atom stereocenters. The van der Waals surface area contributed by atoms with Crippen LogP contribution in [0.5, 0.6) is 11.6 Å². The fraction of sp³-hybridized carbons (Fsp3) is 0. The molecule has 0 atom stereocenters. The second-order valence-corrected chi connectivity index (χ2v) is 4.30. The Labute approximate surface area is 117 Å². The second kappa shape index (κ2) is 5.42. The van der Waals surface area contributed by atoms with E-state index in [0.717, 1.165) is 24.4 Å². The summed E-state index contributed by atoms with van der Waals surface area (Å²) in [6, 6.07) is 4.71. The molecule has 4 nitrogen and oxygen atoms in total. The van der Waals surface area contributed by atoms with Crippen molar-refractivity contribution in [2.24, 2.45) is 0 Å². The van der Waals surface area contributed by atoms with Crippen LogP contribution in [0.15, 0.2) is 30.5 Å². The number of aromatic carboxylic acids is 1. The van der Waals surface area contributed by atoms with E-state index < -0.39 is 11.8 Å². The van der Waals surface area contributed by atoms with Crippen molar-refractivity contribution in [3.8, 4) is 11.6 Å². The van der Waals surface area contributed by atoms with E-state index in [0.29, 0.717) is 0 Å². The van der Waals surface area contributed by atoms with Crippen molar-refractivity contribution < 1.29 is 19.0 Å². The number of carboxylic acid groups (broad SMARTS) is 1. The van der Waals surface area contributed by atoms with Gasteiger partial charge >= 0.3 is 5.97 Å². The average molecular weight is 302 g/mol. The van der Waals surface area contributed by atoms with Crippen LogP contribution in [0.3, 0.4) is 0 Å². The first-order valence-corrected chi connectivity index (χ1v) is 5.74. The summed E-state index contributed by atoms with van der Waals surface area (Å²) in [5.74, 6) is -1.56. The van der Waals surface area contributed by atoms with Gasteiger partial charge in [-0.05, 0) is 18.2 Å². The van der Waals surface area contributed by atoms with Gasteiger partial charge in [0.15, 0.2) is 0 Å². The maximum Gasteiger partial charge on any atom is 0.337 e. The highest BCUT2D eigenvalue weighted by Gasteiger charge is 2.12. The monoisotopic (exact) mass is 301 g/mol. The molecule has 0 radical (unpaired) electrons. The lowest BCUT2D eigenvalue weighted by Crippen LogP contribution is -1.99. The molecule has 98 valence electrons. The Bertz CT molecular complexity index is 649. The fourth-order valence-corrected chi connectivity index (χ4v) is 1.70. The lowest BCUT2D eigenvalue weighted by molar-refractivity contribution is 0.0696. The largest absolute Gasteiger partial charge is 0.478 e. The van der Waals surface area contributed by atoms with Gasteiger partial charge in [-0.3, -0.25) is 0 Å². The number of carbonyl (C=O) groups is 1. The molecule has 0 aliphatic carbocycles. The molecule has 0 fully saturated rings. The van der Waals surface area contributed by atoms with Crippen LogP contribution in [0.4, 0.5) is 4.39 Å². The number of hydrogen-bond acceptors (Lipinski definition) is 3. The molecule has 7 heteroatoms. The number of nitrogens with zero attached hydrogens (tertiary/aromatic N) is 1. The number of rotatable bonds is 3. The molecule has 0 aliphatic rings. The van der Waals surface area contributed by atoms with E-state index in [1.807, 2.05) is 0 Å². The van der Waals surface area contributed by atoms with Gasteiger partial charge in [-0.1, -0.05) is 23.2 Å². The van der Waals surface area contributed by atoms with E-state index in [1.54, 1.807) is 0 Å². The molecule has 0 bridgehead atoms. The van der Waals surface area contributed by atoms with Crippen LogP contribution >= 0.6 is 23.2 Å². The summed E-state index contributed by atoms with van der Waals surface area (Å²) in [5.41, 5.74) is -0.148. The normalized spacial score (nSPS) is 10.3. The van der Waals surface area contributed by atoms with Crippen molar-refractivity contribution in [2.75, 3.05) is 0 Å². The van der Waals surface area contributed by atoms with Crippen LogP contribution < -0.4 is 4.74 Å². The fourth-order valence-electron chi connectivity index (χ4n) is 1.31. The van der Waals surface area contributed by atoms with Crippen molar-refractivity contribution in [3.63, 3.8) is 0 Å². The summed E-state index contributed by atoms with van der Waals surface area (Å²) in [6.07, 6.45) is 1.15. The molecule has 2 rings (SSSR count). The molecule has 0 saturated carbocycles. The molecule has 1 heterocycles. The predicted molar refractivity (Wildman–Crippen MR) is 67.7 cm³/mol. The minimum absolute atomic E-state index is 0.00434. The van der Waals surface area contributed by atoms with Crippen LogP contribution in [0.25, 0.3) is 0 Å². The Balaban J connectivity index is 2.33. The van der Waals surface area contributed by atoms with E-state index in [9.17, 15) is 9.18 Å².